The van der Waals surface area contributed by atoms with Gasteiger partial charge < -0.3 is 5.73 Å². The van der Waals surface area contributed by atoms with E-state index in [4.69, 9.17) is 5.73 Å². The van der Waals surface area contributed by atoms with Gasteiger partial charge in [0.1, 0.15) is 0 Å². The smallest absolute Gasteiger partial charge is 0.00388 e. The molecule has 0 bridgehead atoms. The molecule has 0 saturated heterocycles. The highest BCUT2D eigenvalue weighted by molar-refractivity contribution is 4.67. The summed E-state index contributed by atoms with van der Waals surface area (Å²) >= 11 is 0. The third-order valence-corrected chi connectivity index (χ3v) is 3.20. The molecule has 1 rings (SSSR count). The molecule has 2 N–H and O–H groups in total. The lowest BCUT2D eigenvalue weighted by Gasteiger charge is -2.12. The summed E-state index contributed by atoms with van der Waals surface area (Å²) in [4.78, 5) is 0. The first-order valence-electron chi connectivity index (χ1n) is 5.58. The maximum atomic E-state index is 5.96. The lowest BCUT2D eigenvalue weighted by atomic mass is 9.95. The van der Waals surface area contributed by atoms with Crippen LogP contribution in [0.3, 0.4) is 0 Å². The zero-order chi connectivity index (χ0) is 8.81. The second-order valence-electron chi connectivity index (χ2n) is 4.25. The van der Waals surface area contributed by atoms with Gasteiger partial charge in [0.2, 0.25) is 0 Å². The van der Waals surface area contributed by atoms with E-state index in [2.05, 4.69) is 6.92 Å². The third-order valence-electron chi connectivity index (χ3n) is 3.20. The fourth-order valence-electron chi connectivity index (χ4n) is 2.21. The largest absolute Gasteiger partial charge is 0.328 e. The zero-order valence-electron chi connectivity index (χ0n) is 8.39. The van der Waals surface area contributed by atoms with Crippen molar-refractivity contribution in [2.45, 2.75) is 64.3 Å². The standard InChI is InChI=1S/C11H23N/c1-2-10-6-3-4-8-11(12)9-5-7-10/h10-11H,2-9,12H2,1H3/t10-,11?/m0/s1. The molecule has 1 heteroatoms. The summed E-state index contributed by atoms with van der Waals surface area (Å²) in [5.74, 6) is 0.996. The first-order valence-corrected chi connectivity index (χ1v) is 5.58. The molecule has 0 aliphatic heterocycles. The van der Waals surface area contributed by atoms with E-state index in [1.54, 1.807) is 0 Å². The lowest BCUT2D eigenvalue weighted by molar-refractivity contribution is 0.414. The minimum absolute atomic E-state index is 0.501. The van der Waals surface area contributed by atoms with E-state index in [0.29, 0.717) is 6.04 Å². The van der Waals surface area contributed by atoms with Crippen LogP contribution in [0.2, 0.25) is 0 Å². The molecule has 12 heavy (non-hydrogen) atoms. The molecule has 1 unspecified atom stereocenters. The van der Waals surface area contributed by atoms with Crippen molar-refractivity contribution in [1.29, 1.82) is 0 Å². The van der Waals surface area contributed by atoms with Crippen LogP contribution in [-0.4, -0.2) is 6.04 Å². The molecule has 1 aliphatic carbocycles. The van der Waals surface area contributed by atoms with Crippen molar-refractivity contribution < 1.29 is 0 Å². The van der Waals surface area contributed by atoms with E-state index >= 15 is 0 Å². The van der Waals surface area contributed by atoms with Crippen LogP contribution in [0.25, 0.3) is 0 Å². The van der Waals surface area contributed by atoms with Gasteiger partial charge in [0.15, 0.2) is 0 Å². The van der Waals surface area contributed by atoms with Crippen molar-refractivity contribution in [2.24, 2.45) is 11.7 Å². The van der Waals surface area contributed by atoms with Gasteiger partial charge in [0.25, 0.3) is 0 Å². The van der Waals surface area contributed by atoms with Gasteiger partial charge in [-0.3, -0.25) is 0 Å². The molecule has 0 radical (unpaired) electrons. The van der Waals surface area contributed by atoms with Crippen molar-refractivity contribution in [3.63, 3.8) is 0 Å². The molecule has 1 fully saturated rings. The van der Waals surface area contributed by atoms with Crippen LogP contribution in [0.15, 0.2) is 0 Å². The molecule has 1 saturated carbocycles. The minimum atomic E-state index is 0.501. The molecule has 0 aromatic rings. The van der Waals surface area contributed by atoms with Crippen LogP contribution in [0.1, 0.15) is 58.3 Å². The number of rotatable bonds is 1. The zero-order valence-corrected chi connectivity index (χ0v) is 8.39. The van der Waals surface area contributed by atoms with E-state index in [0.717, 1.165) is 5.92 Å². The second-order valence-corrected chi connectivity index (χ2v) is 4.25. The molecule has 1 nitrogen and oxygen atoms in total. The van der Waals surface area contributed by atoms with Crippen molar-refractivity contribution in [2.75, 3.05) is 0 Å². The van der Waals surface area contributed by atoms with Crippen LogP contribution in [0.5, 0.6) is 0 Å². The van der Waals surface area contributed by atoms with Crippen LogP contribution >= 0.6 is 0 Å². The van der Waals surface area contributed by atoms with Crippen molar-refractivity contribution >= 4 is 0 Å². The molecule has 0 amide bonds. The Labute approximate surface area is 76.7 Å². The van der Waals surface area contributed by atoms with Crippen LogP contribution in [0, 0.1) is 5.92 Å². The molecule has 72 valence electrons. The molecule has 1 aliphatic rings. The topological polar surface area (TPSA) is 26.0 Å². The maximum absolute atomic E-state index is 5.96. The van der Waals surface area contributed by atoms with E-state index < -0.39 is 0 Å². The Balaban J connectivity index is 2.26. The Morgan fingerprint density at radius 3 is 2.33 bits per heavy atom. The summed E-state index contributed by atoms with van der Waals surface area (Å²) in [5.41, 5.74) is 5.96. The molecule has 0 aromatic carbocycles. The minimum Gasteiger partial charge on any atom is -0.328 e. The Bertz CT molecular complexity index is 112. The molecular weight excluding hydrogens is 146 g/mol. The summed E-state index contributed by atoms with van der Waals surface area (Å²) < 4.78 is 0. The summed E-state index contributed by atoms with van der Waals surface area (Å²) in [6.45, 7) is 2.32. The van der Waals surface area contributed by atoms with Gasteiger partial charge in [-0.05, 0) is 18.8 Å². The summed E-state index contributed by atoms with van der Waals surface area (Å²) in [6.07, 6.45) is 10.9. The fourth-order valence-corrected chi connectivity index (χ4v) is 2.21. The Morgan fingerprint density at radius 2 is 1.58 bits per heavy atom. The highest BCUT2D eigenvalue weighted by Crippen LogP contribution is 2.23. The van der Waals surface area contributed by atoms with Crippen LogP contribution in [-0.2, 0) is 0 Å². The van der Waals surface area contributed by atoms with E-state index in [1.807, 2.05) is 0 Å². The predicted octanol–water partition coefficient (Wildman–Crippen LogP) is 3.08. The SMILES string of the molecule is CC[C@H]1CCCCC(N)CCC1. The van der Waals surface area contributed by atoms with Crippen LogP contribution < -0.4 is 5.73 Å². The Kier molecular flexibility index (Phi) is 4.67. The van der Waals surface area contributed by atoms with Gasteiger partial charge in [0, 0.05) is 6.04 Å². The number of hydrogen-bond donors (Lipinski definition) is 1. The number of nitrogens with two attached hydrogens (primary N) is 1. The normalized spacial score (nSPS) is 33.5. The van der Waals surface area contributed by atoms with E-state index in [-0.39, 0.29) is 0 Å². The van der Waals surface area contributed by atoms with Gasteiger partial charge in [-0.15, -0.1) is 0 Å². The maximum Gasteiger partial charge on any atom is 0.00388 e. The first kappa shape index (κ1) is 10.0. The van der Waals surface area contributed by atoms with Gasteiger partial charge in [0.05, 0.1) is 0 Å². The average molecular weight is 169 g/mol. The molecule has 2 atom stereocenters. The Morgan fingerprint density at radius 1 is 1.00 bits per heavy atom. The predicted molar refractivity (Wildman–Crippen MR) is 54.1 cm³/mol. The summed E-state index contributed by atoms with van der Waals surface area (Å²) in [6, 6.07) is 0.501. The number of hydrogen-bond acceptors (Lipinski definition) is 1. The average Bonchev–Trinajstić information content (AvgIpc) is 2.17. The second kappa shape index (κ2) is 5.58. The molecule has 0 heterocycles. The van der Waals surface area contributed by atoms with Crippen LogP contribution in [0.4, 0.5) is 0 Å². The third kappa shape index (κ3) is 3.57. The first-order chi connectivity index (χ1) is 5.83. The fraction of sp³-hybridized carbons (Fsp3) is 1.00. The molecular formula is C11H23N. The molecule has 0 aromatic heterocycles. The van der Waals surface area contributed by atoms with Gasteiger partial charge in [-0.2, -0.15) is 0 Å². The van der Waals surface area contributed by atoms with Crippen molar-refractivity contribution in [1.82, 2.24) is 0 Å². The summed E-state index contributed by atoms with van der Waals surface area (Å²) in [5, 5.41) is 0. The lowest BCUT2D eigenvalue weighted by Crippen LogP contribution is -2.18. The van der Waals surface area contributed by atoms with Gasteiger partial charge >= 0.3 is 0 Å². The van der Waals surface area contributed by atoms with Gasteiger partial charge in [-0.25, -0.2) is 0 Å². The summed E-state index contributed by atoms with van der Waals surface area (Å²) in [7, 11) is 0. The van der Waals surface area contributed by atoms with Crippen molar-refractivity contribution in [3.8, 4) is 0 Å². The highest BCUT2D eigenvalue weighted by Gasteiger charge is 2.11. The molecule has 0 spiro atoms. The Hall–Kier alpha value is -0.0400. The van der Waals surface area contributed by atoms with E-state index in [9.17, 15) is 0 Å². The van der Waals surface area contributed by atoms with E-state index in [1.165, 1.54) is 51.4 Å². The van der Waals surface area contributed by atoms with Crippen molar-refractivity contribution in [3.05, 3.63) is 0 Å². The van der Waals surface area contributed by atoms with Gasteiger partial charge in [-0.1, -0.05) is 45.4 Å². The monoisotopic (exact) mass is 169 g/mol. The highest BCUT2D eigenvalue weighted by atomic mass is 14.6. The quantitative estimate of drug-likeness (QED) is 0.641.